The number of hydrogen-bond acceptors (Lipinski definition) is 7. The summed E-state index contributed by atoms with van der Waals surface area (Å²) in [5.74, 6) is 0.413. The number of aliphatic hydroxyl groups excluding tert-OH is 1. The van der Waals surface area contributed by atoms with Crippen LogP contribution in [0.1, 0.15) is 6.42 Å². The summed E-state index contributed by atoms with van der Waals surface area (Å²) in [6.07, 6.45) is 1.52. The fourth-order valence-corrected chi connectivity index (χ4v) is 1.24. The van der Waals surface area contributed by atoms with E-state index in [0.717, 1.165) is 0 Å². The molecule has 0 aromatic rings. The van der Waals surface area contributed by atoms with Crippen molar-refractivity contribution >= 4 is 12.4 Å². The average Bonchev–Trinajstić information content (AvgIpc) is 2.28. The van der Waals surface area contributed by atoms with Gasteiger partial charge in [-0.15, -0.1) is 0 Å². The molecule has 1 atom stereocenters. The van der Waals surface area contributed by atoms with Gasteiger partial charge >= 0.3 is 103 Å². The van der Waals surface area contributed by atoms with E-state index in [1.54, 1.807) is 0 Å². The van der Waals surface area contributed by atoms with E-state index in [4.69, 9.17) is 29.6 Å². The van der Waals surface area contributed by atoms with Crippen molar-refractivity contribution in [2.75, 3.05) is 14.2 Å². The Kier molecular flexibility index (Phi) is 17.2. The van der Waals surface area contributed by atoms with Crippen LogP contribution in [0.3, 0.4) is 0 Å². The molecule has 0 saturated heterocycles. The predicted molar refractivity (Wildman–Crippen MR) is 51.6 cm³/mol. The number of aldehydes is 1. The summed E-state index contributed by atoms with van der Waals surface area (Å²) in [5.41, 5.74) is -1.07. The summed E-state index contributed by atoms with van der Waals surface area (Å²) in [6.45, 7) is 0. The second-order valence-electron chi connectivity index (χ2n) is 3.01. The molecule has 1 unspecified atom stereocenters. The van der Waals surface area contributed by atoms with E-state index in [1.165, 1.54) is 26.4 Å². The van der Waals surface area contributed by atoms with Gasteiger partial charge in [0, 0.05) is 19.6 Å². The number of methoxy groups -OCH3 is 2. The van der Waals surface area contributed by atoms with Gasteiger partial charge in [0.05, 0.1) is 7.11 Å². The molecule has 0 spiro atoms. The number of carbonyl (C=O) groups is 2. The molecular formula is C10H12K2O7. The molecule has 19 heavy (non-hydrogen) atoms. The molecule has 1 N–H and O–H groups in total. The molecule has 1 aliphatic carbocycles. The van der Waals surface area contributed by atoms with Gasteiger partial charge in [0.2, 0.25) is 0 Å². The van der Waals surface area contributed by atoms with Gasteiger partial charge in [-0.05, 0) is 12.2 Å². The van der Waals surface area contributed by atoms with Gasteiger partial charge in [0.15, 0.2) is 11.9 Å². The van der Waals surface area contributed by atoms with Crippen molar-refractivity contribution in [3.63, 3.8) is 0 Å². The first-order chi connectivity index (χ1) is 7.91. The maximum absolute atomic E-state index is 10.8. The van der Waals surface area contributed by atoms with Crippen LogP contribution in [0.25, 0.3) is 0 Å². The van der Waals surface area contributed by atoms with E-state index in [-0.39, 0.29) is 109 Å². The number of hydrogen-bond donors (Lipinski definition) is 1. The number of ether oxygens (including phenoxy) is 2. The number of rotatable bonds is 3. The minimum absolute atomic E-state index is 0. The molecule has 1 aliphatic rings. The number of carbonyl (C=O) groups excluding carboxylic acids is 2. The molecule has 0 saturated carbocycles. The van der Waals surface area contributed by atoms with E-state index in [2.05, 4.69) is 0 Å². The van der Waals surface area contributed by atoms with Crippen molar-refractivity contribution in [1.82, 2.24) is 0 Å². The normalized spacial score (nSPS) is 20.1. The van der Waals surface area contributed by atoms with Crippen molar-refractivity contribution in [2.45, 2.75) is 12.0 Å². The Labute approximate surface area is 195 Å². The Bertz CT molecular complexity index is 350. The van der Waals surface area contributed by atoms with E-state index in [1.807, 2.05) is 0 Å². The summed E-state index contributed by atoms with van der Waals surface area (Å²) < 4.78 is 10.0. The first-order valence-electron chi connectivity index (χ1n) is 4.46. The quantitative estimate of drug-likeness (QED) is 0.405. The van der Waals surface area contributed by atoms with Gasteiger partial charge in [-0.3, -0.25) is 4.79 Å². The van der Waals surface area contributed by atoms with Crippen LogP contribution >= 0.6 is 0 Å². The second kappa shape index (κ2) is 13.0. The Morgan fingerprint density at radius 2 is 1.89 bits per heavy atom. The zero-order valence-corrected chi connectivity index (χ0v) is 17.6. The molecular weight excluding hydrogens is 310 g/mol. The van der Waals surface area contributed by atoms with Crippen molar-refractivity contribution in [3.8, 4) is 0 Å². The molecule has 7 nitrogen and oxygen atoms in total. The standard InChI is InChI=1S/C9H12O4.CH2O3.2K/c1-12-8-5-7(11)3-4-9(8,6-10)13-2;2-1(3)4;;/h3,5-6,11H,4H2,1-2H3;(H2,2,3,4);;/q;;2*+1/p-2. The van der Waals surface area contributed by atoms with Gasteiger partial charge in [0.25, 0.3) is 0 Å². The molecule has 0 heterocycles. The summed E-state index contributed by atoms with van der Waals surface area (Å²) in [7, 11) is 2.86. The van der Waals surface area contributed by atoms with E-state index in [9.17, 15) is 4.79 Å². The van der Waals surface area contributed by atoms with Gasteiger partial charge in [0.1, 0.15) is 11.5 Å². The van der Waals surface area contributed by atoms with Crippen LogP contribution in [0, 0.1) is 0 Å². The van der Waals surface area contributed by atoms with E-state index >= 15 is 0 Å². The third-order valence-electron chi connectivity index (χ3n) is 2.09. The fraction of sp³-hybridized carbons (Fsp3) is 0.400. The third-order valence-corrected chi connectivity index (χ3v) is 2.09. The van der Waals surface area contributed by atoms with Crippen LogP contribution in [-0.2, 0) is 14.3 Å². The van der Waals surface area contributed by atoms with E-state index < -0.39 is 11.8 Å². The van der Waals surface area contributed by atoms with Gasteiger partial charge in [-0.1, -0.05) is 0 Å². The minimum Gasteiger partial charge on any atom is -0.652 e. The second-order valence-corrected chi connectivity index (χ2v) is 3.01. The molecule has 0 amide bonds. The van der Waals surface area contributed by atoms with Crippen molar-refractivity contribution in [3.05, 3.63) is 23.7 Å². The fourth-order valence-electron chi connectivity index (χ4n) is 1.24. The molecule has 0 fully saturated rings. The van der Waals surface area contributed by atoms with Gasteiger partial charge in [-0.25, -0.2) is 0 Å². The van der Waals surface area contributed by atoms with Gasteiger partial charge in [-0.2, -0.15) is 0 Å². The molecule has 96 valence electrons. The van der Waals surface area contributed by atoms with Crippen LogP contribution in [-0.4, -0.2) is 37.4 Å². The first kappa shape index (κ1) is 25.2. The van der Waals surface area contributed by atoms with Crippen LogP contribution < -0.4 is 113 Å². The third kappa shape index (κ3) is 8.99. The monoisotopic (exact) mass is 322 g/mol. The molecule has 0 bridgehead atoms. The van der Waals surface area contributed by atoms with E-state index in [0.29, 0.717) is 18.5 Å². The zero-order chi connectivity index (χ0) is 13.5. The molecule has 1 rings (SSSR count). The molecule has 0 aliphatic heterocycles. The summed E-state index contributed by atoms with van der Waals surface area (Å²) in [6, 6.07) is 0. The van der Waals surface area contributed by atoms with Crippen LogP contribution in [0.5, 0.6) is 0 Å². The number of allylic oxidation sites excluding steroid dienone is 1. The average molecular weight is 322 g/mol. The SMILES string of the molecule is COC1=CC(O)=CCC1(C=O)OC.O=C([O-])[O-].[K+].[K+]. The van der Waals surface area contributed by atoms with Crippen LogP contribution in [0.15, 0.2) is 23.7 Å². The minimum atomic E-state index is -2.33. The Hall–Kier alpha value is 1.25. The van der Waals surface area contributed by atoms with Crippen molar-refractivity contribution < 1.29 is 137 Å². The Balaban J connectivity index is -0.000000379. The maximum atomic E-state index is 10.8. The van der Waals surface area contributed by atoms with Gasteiger partial charge < -0.3 is 29.6 Å². The summed E-state index contributed by atoms with van der Waals surface area (Å²) in [4.78, 5) is 19.2. The zero-order valence-electron chi connectivity index (χ0n) is 11.3. The van der Waals surface area contributed by atoms with Crippen molar-refractivity contribution in [2.24, 2.45) is 0 Å². The van der Waals surface area contributed by atoms with Crippen LogP contribution in [0.4, 0.5) is 4.79 Å². The molecule has 0 radical (unpaired) electrons. The molecule has 0 aromatic heterocycles. The maximum Gasteiger partial charge on any atom is 1.00 e. The first-order valence-corrected chi connectivity index (χ1v) is 4.46. The molecule has 0 aromatic carbocycles. The number of aliphatic hydroxyl groups is 1. The Morgan fingerprint density at radius 1 is 1.42 bits per heavy atom. The summed E-state index contributed by atoms with van der Waals surface area (Å²) >= 11 is 0. The smallest absolute Gasteiger partial charge is 0.652 e. The topological polar surface area (TPSA) is 119 Å². The Morgan fingerprint density at radius 3 is 2.21 bits per heavy atom. The van der Waals surface area contributed by atoms with Crippen LogP contribution in [0.2, 0.25) is 0 Å². The summed E-state index contributed by atoms with van der Waals surface area (Å²) in [5, 5.41) is 25.8. The predicted octanol–water partition coefficient (Wildman–Crippen LogP) is -7.49. The van der Waals surface area contributed by atoms with Crippen molar-refractivity contribution in [1.29, 1.82) is 0 Å². The number of carboxylic acid groups (broad SMARTS) is 2. The molecule has 9 heteroatoms. The largest absolute Gasteiger partial charge is 1.00 e.